The maximum atomic E-state index is 12.0. The predicted octanol–water partition coefficient (Wildman–Crippen LogP) is 3.32. The van der Waals surface area contributed by atoms with Crippen molar-refractivity contribution in [3.8, 4) is 16.5 Å². The van der Waals surface area contributed by atoms with Crippen LogP contribution in [0.4, 0.5) is 0 Å². The minimum absolute atomic E-state index is 0.295. The first-order valence-electron chi connectivity index (χ1n) is 7.19. The Labute approximate surface area is 147 Å². The van der Waals surface area contributed by atoms with Crippen LogP contribution >= 0.6 is 22.9 Å². The summed E-state index contributed by atoms with van der Waals surface area (Å²) in [4.78, 5) is 14.7. The molecule has 8 heteroatoms. The molecule has 0 N–H and O–H groups in total. The summed E-state index contributed by atoms with van der Waals surface area (Å²) >= 11 is 7.52. The lowest BCUT2D eigenvalue weighted by molar-refractivity contribution is 0.233. The molecule has 126 valence electrons. The fourth-order valence-corrected chi connectivity index (χ4v) is 3.17. The fraction of sp³-hybridized carbons (Fsp3) is 0.250. The van der Waals surface area contributed by atoms with E-state index in [1.807, 2.05) is 41.6 Å². The minimum atomic E-state index is -0.483. The molecule has 3 aromatic rings. The zero-order valence-corrected chi connectivity index (χ0v) is 14.8. The van der Waals surface area contributed by atoms with Crippen LogP contribution in [-0.2, 0) is 13.2 Å². The molecule has 1 aromatic carbocycles. The summed E-state index contributed by atoms with van der Waals surface area (Å²) in [6, 6.07) is 9.19. The van der Waals surface area contributed by atoms with Gasteiger partial charge in [0.1, 0.15) is 12.4 Å². The maximum absolute atomic E-state index is 12.0. The van der Waals surface area contributed by atoms with Crippen molar-refractivity contribution in [1.82, 2.24) is 14.7 Å². The molecule has 0 aliphatic heterocycles. The molecule has 0 spiro atoms. The topological polar surface area (TPSA) is 60.5 Å². The van der Waals surface area contributed by atoms with Crippen LogP contribution in [0.5, 0.6) is 5.75 Å². The number of hydrogen-bond acceptors (Lipinski definition) is 6. The number of aromatic nitrogens is 2. The Morgan fingerprint density at radius 2 is 2.25 bits per heavy atom. The highest BCUT2D eigenvalue weighted by Crippen LogP contribution is 2.24. The van der Waals surface area contributed by atoms with Gasteiger partial charge >= 0.3 is 5.76 Å². The maximum Gasteiger partial charge on any atom is 0.438 e. The second-order valence-electron chi connectivity index (χ2n) is 5.26. The first-order valence-corrected chi connectivity index (χ1v) is 8.45. The summed E-state index contributed by atoms with van der Waals surface area (Å²) in [7, 11) is 3.49. The van der Waals surface area contributed by atoms with Crippen molar-refractivity contribution in [2.75, 3.05) is 14.2 Å². The SMILES string of the molecule is COc1ccc(Cl)cc1CN(C)Cn1nc(-c2cccs2)oc1=O. The first kappa shape index (κ1) is 16.8. The number of nitrogens with zero attached hydrogens (tertiary/aromatic N) is 3. The van der Waals surface area contributed by atoms with Crippen molar-refractivity contribution < 1.29 is 9.15 Å². The molecule has 0 bridgehead atoms. The highest BCUT2D eigenvalue weighted by molar-refractivity contribution is 7.13. The molecule has 0 amide bonds. The number of benzene rings is 1. The molecular formula is C16H16ClN3O3S. The third kappa shape index (κ3) is 3.69. The smallest absolute Gasteiger partial charge is 0.438 e. The lowest BCUT2D eigenvalue weighted by atomic mass is 10.2. The molecule has 0 aliphatic rings. The molecule has 0 fully saturated rings. The van der Waals surface area contributed by atoms with Gasteiger partial charge in [0.15, 0.2) is 0 Å². The minimum Gasteiger partial charge on any atom is -0.496 e. The normalized spacial score (nSPS) is 11.2. The van der Waals surface area contributed by atoms with Gasteiger partial charge in [0.2, 0.25) is 0 Å². The molecule has 3 rings (SSSR count). The quantitative estimate of drug-likeness (QED) is 0.670. The lowest BCUT2D eigenvalue weighted by Gasteiger charge is -2.17. The van der Waals surface area contributed by atoms with Crippen LogP contribution in [0.1, 0.15) is 5.56 Å². The Balaban J connectivity index is 1.75. The van der Waals surface area contributed by atoms with Crippen molar-refractivity contribution in [2.24, 2.45) is 0 Å². The van der Waals surface area contributed by atoms with E-state index < -0.39 is 5.76 Å². The zero-order valence-electron chi connectivity index (χ0n) is 13.2. The van der Waals surface area contributed by atoms with Crippen molar-refractivity contribution >= 4 is 22.9 Å². The molecule has 0 aliphatic carbocycles. The van der Waals surface area contributed by atoms with E-state index in [9.17, 15) is 4.79 Å². The zero-order chi connectivity index (χ0) is 17.1. The molecule has 24 heavy (non-hydrogen) atoms. The van der Waals surface area contributed by atoms with Gasteiger partial charge in [-0.2, -0.15) is 4.68 Å². The molecule has 2 aromatic heterocycles. The van der Waals surface area contributed by atoms with E-state index in [4.69, 9.17) is 20.8 Å². The van der Waals surface area contributed by atoms with Gasteiger partial charge in [-0.15, -0.1) is 16.4 Å². The van der Waals surface area contributed by atoms with Crippen LogP contribution in [0.2, 0.25) is 5.02 Å². The molecule has 2 heterocycles. The van der Waals surface area contributed by atoms with E-state index in [0.717, 1.165) is 16.2 Å². The summed E-state index contributed by atoms with van der Waals surface area (Å²) < 4.78 is 11.8. The highest BCUT2D eigenvalue weighted by Gasteiger charge is 2.14. The Morgan fingerprint density at radius 3 is 2.96 bits per heavy atom. The number of rotatable bonds is 6. The fourth-order valence-electron chi connectivity index (χ4n) is 2.34. The summed E-state index contributed by atoms with van der Waals surface area (Å²) in [5.74, 6) is 0.602. The van der Waals surface area contributed by atoms with Crippen LogP contribution in [0.15, 0.2) is 44.9 Å². The van der Waals surface area contributed by atoms with Crippen molar-refractivity contribution in [2.45, 2.75) is 13.2 Å². The third-order valence-electron chi connectivity index (χ3n) is 3.40. The molecule has 0 saturated carbocycles. The molecule has 0 radical (unpaired) electrons. The van der Waals surface area contributed by atoms with Crippen LogP contribution in [0, 0.1) is 0 Å². The first-order chi connectivity index (χ1) is 11.6. The summed E-state index contributed by atoms with van der Waals surface area (Å²) in [6.45, 7) is 0.848. The van der Waals surface area contributed by atoms with Gasteiger partial charge in [0.05, 0.1) is 12.0 Å². The average Bonchev–Trinajstić information content (AvgIpc) is 3.18. The number of halogens is 1. The average molecular weight is 366 g/mol. The van der Waals surface area contributed by atoms with Gasteiger partial charge in [-0.3, -0.25) is 4.90 Å². The van der Waals surface area contributed by atoms with Crippen molar-refractivity contribution in [3.63, 3.8) is 0 Å². The third-order valence-corrected chi connectivity index (χ3v) is 4.49. The van der Waals surface area contributed by atoms with E-state index >= 15 is 0 Å². The predicted molar refractivity (Wildman–Crippen MR) is 93.5 cm³/mol. The van der Waals surface area contributed by atoms with Crippen molar-refractivity contribution in [3.05, 3.63) is 56.8 Å². The second-order valence-corrected chi connectivity index (χ2v) is 6.65. The van der Waals surface area contributed by atoms with Gasteiger partial charge in [-0.25, -0.2) is 4.79 Å². The molecule has 0 saturated heterocycles. The highest BCUT2D eigenvalue weighted by atomic mass is 35.5. The second kappa shape index (κ2) is 7.21. The largest absolute Gasteiger partial charge is 0.496 e. The molecule has 0 atom stereocenters. The molecule has 6 nitrogen and oxygen atoms in total. The Hall–Kier alpha value is -2.09. The van der Waals surface area contributed by atoms with Gasteiger partial charge in [-0.1, -0.05) is 17.7 Å². The van der Waals surface area contributed by atoms with E-state index in [1.54, 1.807) is 13.2 Å². The Bertz CT molecular complexity index is 873. The van der Waals surface area contributed by atoms with E-state index in [2.05, 4.69) is 5.10 Å². The lowest BCUT2D eigenvalue weighted by Crippen LogP contribution is -2.28. The van der Waals surface area contributed by atoms with Gasteiger partial charge < -0.3 is 9.15 Å². The summed E-state index contributed by atoms with van der Waals surface area (Å²) in [5, 5.41) is 6.79. The van der Waals surface area contributed by atoms with Crippen LogP contribution in [0.3, 0.4) is 0 Å². The Kier molecular flexibility index (Phi) is 5.03. The summed E-state index contributed by atoms with van der Waals surface area (Å²) in [6.07, 6.45) is 0. The molecule has 0 unspecified atom stereocenters. The number of thiophene rings is 1. The monoisotopic (exact) mass is 365 g/mol. The standard InChI is InChI=1S/C16H16ClN3O3S/c1-19(9-11-8-12(17)5-6-13(11)22-2)10-20-16(21)23-15(18-20)14-4-3-7-24-14/h3-8H,9-10H2,1-2H3. The number of methoxy groups -OCH3 is 1. The van der Waals surface area contributed by atoms with E-state index in [0.29, 0.717) is 24.1 Å². The van der Waals surface area contributed by atoms with Crippen LogP contribution < -0.4 is 10.5 Å². The van der Waals surface area contributed by atoms with Gasteiger partial charge in [-0.05, 0) is 36.7 Å². The molecular weight excluding hydrogens is 350 g/mol. The number of hydrogen-bond donors (Lipinski definition) is 0. The van der Waals surface area contributed by atoms with Gasteiger partial charge in [0.25, 0.3) is 5.89 Å². The Morgan fingerprint density at radius 1 is 1.42 bits per heavy atom. The number of ether oxygens (including phenoxy) is 1. The van der Waals surface area contributed by atoms with Gasteiger partial charge in [0, 0.05) is 17.1 Å². The van der Waals surface area contributed by atoms with Crippen LogP contribution in [0.25, 0.3) is 10.8 Å². The van der Waals surface area contributed by atoms with Crippen LogP contribution in [-0.4, -0.2) is 28.8 Å². The summed E-state index contributed by atoms with van der Waals surface area (Å²) in [5.41, 5.74) is 0.933. The van der Waals surface area contributed by atoms with Crippen molar-refractivity contribution in [1.29, 1.82) is 0 Å². The van der Waals surface area contributed by atoms with E-state index in [-0.39, 0.29) is 0 Å². The van der Waals surface area contributed by atoms with E-state index in [1.165, 1.54) is 16.0 Å².